The number of methoxy groups -OCH3 is 2. The number of carbonyl (C=O) groups is 1. The van der Waals surface area contributed by atoms with Gasteiger partial charge in [0.2, 0.25) is 5.91 Å². The van der Waals surface area contributed by atoms with Crippen molar-refractivity contribution in [1.82, 2.24) is 4.90 Å². The van der Waals surface area contributed by atoms with Crippen LogP contribution in [-0.4, -0.2) is 43.4 Å². The number of halogens is 3. The number of oxime groups is 1. The lowest BCUT2D eigenvalue weighted by atomic mass is 10.0. The summed E-state index contributed by atoms with van der Waals surface area (Å²) in [6.45, 7) is 4.35. The fourth-order valence-electron chi connectivity index (χ4n) is 3.71. The number of amides is 1. The van der Waals surface area contributed by atoms with Crippen molar-refractivity contribution < 1.29 is 32.3 Å². The Balaban J connectivity index is 1.70. The molecular formula is C25H29F3N2O4. The van der Waals surface area contributed by atoms with Gasteiger partial charge in [0.15, 0.2) is 17.6 Å². The van der Waals surface area contributed by atoms with Gasteiger partial charge in [-0.3, -0.25) is 4.79 Å². The van der Waals surface area contributed by atoms with Crippen molar-refractivity contribution in [1.29, 1.82) is 0 Å². The molecule has 1 aliphatic rings. The molecule has 0 N–H and O–H groups in total. The van der Waals surface area contributed by atoms with Gasteiger partial charge in [-0.1, -0.05) is 31.1 Å². The molecule has 1 heterocycles. The molecule has 34 heavy (non-hydrogen) atoms. The molecule has 1 unspecified atom stereocenters. The highest BCUT2D eigenvalue weighted by Crippen LogP contribution is 2.31. The Morgan fingerprint density at radius 2 is 1.79 bits per heavy atom. The Bertz CT molecular complexity index is 1020. The Labute approximate surface area is 197 Å². The molecule has 0 saturated carbocycles. The van der Waals surface area contributed by atoms with Crippen molar-refractivity contribution in [2.24, 2.45) is 11.1 Å². The highest BCUT2D eigenvalue weighted by atomic mass is 19.4. The van der Waals surface area contributed by atoms with Crippen molar-refractivity contribution in [3.63, 3.8) is 0 Å². The lowest BCUT2D eigenvalue weighted by molar-refractivity contribution is -0.138. The predicted octanol–water partition coefficient (Wildman–Crippen LogP) is 5.29. The topological polar surface area (TPSA) is 60.4 Å². The summed E-state index contributed by atoms with van der Waals surface area (Å²) in [5.74, 6) is 1.23. The lowest BCUT2D eigenvalue weighted by Crippen LogP contribution is -2.37. The van der Waals surface area contributed by atoms with Gasteiger partial charge < -0.3 is 19.2 Å². The third-order valence-corrected chi connectivity index (χ3v) is 5.46. The minimum Gasteiger partial charge on any atom is -0.493 e. The summed E-state index contributed by atoms with van der Waals surface area (Å²) in [6.07, 6.45) is -3.96. The van der Waals surface area contributed by atoms with Gasteiger partial charge in [-0.15, -0.1) is 0 Å². The summed E-state index contributed by atoms with van der Waals surface area (Å²) >= 11 is 0. The number of rotatable bonds is 9. The predicted molar refractivity (Wildman–Crippen MR) is 122 cm³/mol. The molecule has 3 rings (SSSR count). The van der Waals surface area contributed by atoms with E-state index in [9.17, 15) is 18.0 Å². The zero-order valence-electron chi connectivity index (χ0n) is 19.7. The monoisotopic (exact) mass is 478 g/mol. The molecule has 0 aromatic heterocycles. The van der Waals surface area contributed by atoms with E-state index in [1.54, 1.807) is 25.2 Å². The highest BCUT2D eigenvalue weighted by molar-refractivity contribution is 6.01. The molecule has 184 valence electrons. The molecule has 0 bridgehead atoms. The zero-order chi connectivity index (χ0) is 24.9. The average Bonchev–Trinajstić information content (AvgIpc) is 3.26. The summed E-state index contributed by atoms with van der Waals surface area (Å²) in [7, 11) is 3.11. The Morgan fingerprint density at radius 3 is 2.38 bits per heavy atom. The molecule has 1 amide bonds. The normalized spacial score (nSPS) is 15.6. The summed E-state index contributed by atoms with van der Waals surface area (Å²) in [5.41, 5.74) is 1.44. The molecule has 0 spiro atoms. The molecule has 1 atom stereocenters. The number of carbonyl (C=O) groups excluding carboxylic acids is 1. The number of hydrogen-bond acceptors (Lipinski definition) is 5. The Hall–Kier alpha value is -3.23. The first-order chi connectivity index (χ1) is 16.1. The van der Waals surface area contributed by atoms with E-state index < -0.39 is 11.7 Å². The zero-order valence-corrected chi connectivity index (χ0v) is 19.7. The average molecular weight is 479 g/mol. The minimum absolute atomic E-state index is 0.0851. The number of alkyl halides is 3. The third-order valence-electron chi connectivity index (χ3n) is 5.46. The number of nitrogens with zero attached hydrogens (tertiary/aromatic N) is 2. The van der Waals surface area contributed by atoms with Crippen LogP contribution >= 0.6 is 0 Å². The first-order valence-electron chi connectivity index (χ1n) is 11.0. The third kappa shape index (κ3) is 6.42. The SMILES string of the molecule is COc1ccc(C2=NOC(CN(Cc3ccc(C(F)(F)F)cc3)C(=O)CC(C)C)C2)cc1OC. The van der Waals surface area contributed by atoms with Crippen molar-refractivity contribution in [3.8, 4) is 11.5 Å². The van der Waals surface area contributed by atoms with Crippen LogP contribution in [0.5, 0.6) is 11.5 Å². The molecule has 9 heteroatoms. The molecule has 0 saturated heterocycles. The van der Waals surface area contributed by atoms with Gasteiger partial charge in [0, 0.05) is 24.9 Å². The molecule has 1 aliphatic heterocycles. The van der Waals surface area contributed by atoms with E-state index >= 15 is 0 Å². The van der Waals surface area contributed by atoms with Crippen molar-refractivity contribution in [3.05, 3.63) is 59.2 Å². The van der Waals surface area contributed by atoms with E-state index in [1.165, 1.54) is 12.1 Å². The van der Waals surface area contributed by atoms with Gasteiger partial charge in [-0.05, 0) is 41.8 Å². The van der Waals surface area contributed by atoms with E-state index in [-0.39, 0.29) is 31.0 Å². The van der Waals surface area contributed by atoms with Gasteiger partial charge in [0.05, 0.1) is 32.0 Å². The van der Waals surface area contributed by atoms with Crippen LogP contribution in [0, 0.1) is 5.92 Å². The van der Waals surface area contributed by atoms with Crippen molar-refractivity contribution in [2.45, 2.75) is 45.5 Å². The van der Waals surface area contributed by atoms with E-state index in [0.29, 0.717) is 29.9 Å². The summed E-state index contributed by atoms with van der Waals surface area (Å²) in [4.78, 5) is 20.1. The van der Waals surface area contributed by atoms with Crippen LogP contribution in [0.1, 0.15) is 43.4 Å². The Kier molecular flexibility index (Phi) is 8.06. The van der Waals surface area contributed by atoms with E-state index in [4.69, 9.17) is 14.3 Å². The summed E-state index contributed by atoms with van der Waals surface area (Å²) in [5, 5.41) is 4.19. The first kappa shape index (κ1) is 25.4. The lowest BCUT2D eigenvalue weighted by Gasteiger charge is -2.26. The maximum absolute atomic E-state index is 12.9. The van der Waals surface area contributed by atoms with Gasteiger partial charge in [-0.2, -0.15) is 13.2 Å². The first-order valence-corrected chi connectivity index (χ1v) is 11.0. The number of benzene rings is 2. The van der Waals surface area contributed by atoms with E-state index in [2.05, 4.69) is 5.16 Å². The molecule has 6 nitrogen and oxygen atoms in total. The standard InChI is InChI=1S/C25H29F3N2O4/c1-16(2)11-24(31)30(14-17-5-8-19(9-6-17)25(26,27)28)15-20-13-21(29-34-20)18-7-10-22(32-3)23(12-18)33-4/h5-10,12,16,20H,11,13-15H2,1-4H3. The quantitative estimate of drug-likeness (QED) is 0.491. The second-order valence-corrected chi connectivity index (χ2v) is 8.61. The molecule has 0 fully saturated rings. The molecule has 2 aromatic carbocycles. The van der Waals surface area contributed by atoms with E-state index in [1.807, 2.05) is 26.0 Å². The molecular weight excluding hydrogens is 449 g/mol. The van der Waals surface area contributed by atoms with Crippen LogP contribution in [0.3, 0.4) is 0 Å². The van der Waals surface area contributed by atoms with Crippen LogP contribution in [-0.2, 0) is 22.4 Å². The number of ether oxygens (including phenoxy) is 2. The second-order valence-electron chi connectivity index (χ2n) is 8.61. The number of hydrogen-bond donors (Lipinski definition) is 0. The molecule has 0 radical (unpaired) electrons. The van der Waals surface area contributed by atoms with Crippen LogP contribution in [0.25, 0.3) is 0 Å². The van der Waals surface area contributed by atoms with E-state index in [0.717, 1.165) is 23.4 Å². The fourth-order valence-corrected chi connectivity index (χ4v) is 3.71. The van der Waals surface area contributed by atoms with Gasteiger partial charge in [-0.25, -0.2) is 0 Å². The maximum Gasteiger partial charge on any atom is 0.416 e. The highest BCUT2D eigenvalue weighted by Gasteiger charge is 2.31. The Morgan fingerprint density at radius 1 is 1.12 bits per heavy atom. The minimum atomic E-state index is -4.40. The maximum atomic E-state index is 12.9. The second kappa shape index (κ2) is 10.8. The van der Waals surface area contributed by atoms with Crippen LogP contribution in [0.2, 0.25) is 0 Å². The van der Waals surface area contributed by atoms with Crippen LogP contribution < -0.4 is 9.47 Å². The van der Waals surface area contributed by atoms with Crippen molar-refractivity contribution in [2.75, 3.05) is 20.8 Å². The van der Waals surface area contributed by atoms with Gasteiger partial charge >= 0.3 is 6.18 Å². The smallest absolute Gasteiger partial charge is 0.416 e. The fraction of sp³-hybridized carbons (Fsp3) is 0.440. The molecule has 0 aliphatic carbocycles. The van der Waals surface area contributed by atoms with Gasteiger partial charge in [0.1, 0.15) is 0 Å². The largest absolute Gasteiger partial charge is 0.493 e. The van der Waals surface area contributed by atoms with Crippen molar-refractivity contribution >= 4 is 11.6 Å². The molecule has 2 aromatic rings. The van der Waals surface area contributed by atoms with Crippen LogP contribution in [0.15, 0.2) is 47.6 Å². The van der Waals surface area contributed by atoms with Gasteiger partial charge in [0.25, 0.3) is 0 Å². The summed E-state index contributed by atoms with van der Waals surface area (Å²) in [6, 6.07) is 10.3. The van der Waals surface area contributed by atoms with Crippen LogP contribution in [0.4, 0.5) is 13.2 Å². The summed E-state index contributed by atoms with van der Waals surface area (Å²) < 4.78 is 49.3.